The number of methoxy groups -OCH3 is 2. The Hall–Kier alpha value is -2.12. The van der Waals surface area contributed by atoms with Crippen molar-refractivity contribution < 1.29 is 19.1 Å². The highest BCUT2D eigenvalue weighted by atomic mass is 16.5. The second-order valence-electron chi connectivity index (χ2n) is 7.67. The largest absolute Gasteiger partial charge is 0.497 e. The zero-order chi connectivity index (χ0) is 20.5. The molecule has 1 aromatic carbocycles. The molecule has 7 heteroatoms. The summed E-state index contributed by atoms with van der Waals surface area (Å²) in [5, 5.41) is 2.83. The number of benzene rings is 1. The van der Waals surface area contributed by atoms with Crippen LogP contribution in [0.5, 0.6) is 5.75 Å². The van der Waals surface area contributed by atoms with E-state index in [2.05, 4.69) is 27.2 Å². The number of amides is 1. The molecule has 0 bridgehead atoms. The summed E-state index contributed by atoms with van der Waals surface area (Å²) in [5.41, 5.74) is 1.25. The molecule has 0 saturated carbocycles. The lowest BCUT2D eigenvalue weighted by atomic mass is 10.0. The highest BCUT2D eigenvalue weighted by Gasteiger charge is 2.24. The average Bonchev–Trinajstić information content (AvgIpc) is 2.68. The Morgan fingerprint density at radius 2 is 1.64 bits per heavy atom. The molecule has 1 aromatic rings. The van der Waals surface area contributed by atoms with E-state index in [1.54, 1.807) is 7.11 Å². The monoisotopic (exact) mass is 391 g/mol. The van der Waals surface area contributed by atoms with Crippen molar-refractivity contribution in [2.45, 2.75) is 32.9 Å². The molecule has 1 amide bonds. The molecular weight excluding hydrogens is 358 g/mol. The van der Waals surface area contributed by atoms with Crippen LogP contribution in [-0.2, 0) is 20.9 Å². The molecule has 28 heavy (non-hydrogen) atoms. The molecule has 1 atom stereocenters. The summed E-state index contributed by atoms with van der Waals surface area (Å²) in [6, 6.07) is 7.55. The van der Waals surface area contributed by atoms with Crippen LogP contribution in [0.1, 0.15) is 25.8 Å². The minimum absolute atomic E-state index is 0.125. The standard InChI is InChI=1S/C21H33N3O4/c1-16(2)13-19(21(26)28-4)22-20(25)15-24-11-9-23(10-12-24)14-17-5-7-18(27-3)8-6-17/h5-8,16,19H,9-15H2,1-4H3,(H,22,25)/t19-/m1/s1. The normalized spacial score (nSPS) is 16.6. The molecule has 1 N–H and O–H groups in total. The van der Waals surface area contributed by atoms with E-state index < -0.39 is 6.04 Å². The van der Waals surface area contributed by atoms with Gasteiger partial charge in [0.15, 0.2) is 0 Å². The Bertz CT molecular complexity index is 625. The Kier molecular flexibility index (Phi) is 8.73. The molecule has 1 saturated heterocycles. The topological polar surface area (TPSA) is 71.1 Å². The fourth-order valence-electron chi connectivity index (χ4n) is 3.37. The van der Waals surface area contributed by atoms with Gasteiger partial charge in [0.05, 0.1) is 20.8 Å². The predicted octanol–water partition coefficient (Wildman–Crippen LogP) is 1.52. The van der Waals surface area contributed by atoms with Crippen molar-refractivity contribution >= 4 is 11.9 Å². The van der Waals surface area contributed by atoms with E-state index in [9.17, 15) is 9.59 Å². The molecule has 0 aromatic heterocycles. The zero-order valence-electron chi connectivity index (χ0n) is 17.4. The van der Waals surface area contributed by atoms with Crippen LogP contribution in [0, 0.1) is 5.92 Å². The first kappa shape index (κ1) is 22.2. The van der Waals surface area contributed by atoms with Crippen molar-refractivity contribution in [2.24, 2.45) is 5.92 Å². The van der Waals surface area contributed by atoms with E-state index >= 15 is 0 Å². The zero-order valence-corrected chi connectivity index (χ0v) is 17.4. The third kappa shape index (κ3) is 7.13. The first-order valence-electron chi connectivity index (χ1n) is 9.86. The Balaban J connectivity index is 1.76. The van der Waals surface area contributed by atoms with Crippen molar-refractivity contribution in [2.75, 3.05) is 46.9 Å². The maximum atomic E-state index is 12.4. The molecule has 0 spiro atoms. The number of hydrogen-bond donors (Lipinski definition) is 1. The number of rotatable bonds is 9. The van der Waals surface area contributed by atoms with Crippen LogP contribution in [0.15, 0.2) is 24.3 Å². The summed E-state index contributed by atoms with van der Waals surface area (Å²) in [6.07, 6.45) is 0.577. The van der Waals surface area contributed by atoms with Gasteiger partial charge in [-0.2, -0.15) is 0 Å². The van der Waals surface area contributed by atoms with Crippen LogP contribution in [0.2, 0.25) is 0 Å². The van der Waals surface area contributed by atoms with Crippen molar-refractivity contribution in [3.63, 3.8) is 0 Å². The maximum Gasteiger partial charge on any atom is 0.328 e. The number of carbonyl (C=O) groups is 2. The van der Waals surface area contributed by atoms with Gasteiger partial charge < -0.3 is 14.8 Å². The third-order valence-corrected chi connectivity index (χ3v) is 4.93. The Morgan fingerprint density at radius 1 is 1.04 bits per heavy atom. The lowest BCUT2D eigenvalue weighted by Gasteiger charge is -2.34. The van der Waals surface area contributed by atoms with Gasteiger partial charge in [0.1, 0.15) is 11.8 Å². The summed E-state index contributed by atoms with van der Waals surface area (Å²) < 4.78 is 10.0. The van der Waals surface area contributed by atoms with E-state index in [1.165, 1.54) is 12.7 Å². The lowest BCUT2D eigenvalue weighted by molar-refractivity contribution is -0.145. The SMILES string of the molecule is COC(=O)[C@@H](CC(C)C)NC(=O)CN1CCN(Cc2ccc(OC)cc2)CC1. The van der Waals surface area contributed by atoms with Crippen molar-refractivity contribution in [1.82, 2.24) is 15.1 Å². The summed E-state index contributed by atoms with van der Waals surface area (Å²) in [5.74, 6) is 0.652. The highest BCUT2D eigenvalue weighted by Crippen LogP contribution is 2.14. The number of esters is 1. The summed E-state index contributed by atoms with van der Waals surface area (Å²) in [4.78, 5) is 28.7. The van der Waals surface area contributed by atoms with Crippen LogP contribution >= 0.6 is 0 Å². The van der Waals surface area contributed by atoms with Gasteiger partial charge in [-0.15, -0.1) is 0 Å². The fourth-order valence-corrected chi connectivity index (χ4v) is 3.37. The van der Waals surface area contributed by atoms with Crippen LogP contribution in [0.25, 0.3) is 0 Å². The predicted molar refractivity (Wildman–Crippen MR) is 108 cm³/mol. The van der Waals surface area contributed by atoms with Crippen LogP contribution in [0.3, 0.4) is 0 Å². The second-order valence-corrected chi connectivity index (χ2v) is 7.67. The molecule has 0 unspecified atom stereocenters. The molecule has 1 heterocycles. The molecule has 156 valence electrons. The van der Waals surface area contributed by atoms with Crippen LogP contribution in [-0.4, -0.2) is 74.7 Å². The Morgan fingerprint density at radius 3 is 2.18 bits per heavy atom. The number of nitrogens with zero attached hydrogens (tertiary/aromatic N) is 2. The molecule has 2 rings (SSSR count). The van der Waals surface area contributed by atoms with Crippen molar-refractivity contribution in [1.29, 1.82) is 0 Å². The van der Waals surface area contributed by atoms with Gasteiger partial charge in [0.25, 0.3) is 0 Å². The number of carbonyl (C=O) groups excluding carboxylic acids is 2. The molecule has 0 radical (unpaired) electrons. The number of piperazine rings is 1. The quantitative estimate of drug-likeness (QED) is 0.644. The summed E-state index contributed by atoms with van der Waals surface area (Å²) in [7, 11) is 3.02. The van der Waals surface area contributed by atoms with Gasteiger partial charge in [-0.1, -0.05) is 26.0 Å². The molecule has 7 nitrogen and oxygen atoms in total. The lowest BCUT2D eigenvalue weighted by Crippen LogP contribution is -2.51. The van der Waals surface area contributed by atoms with E-state index in [4.69, 9.17) is 9.47 Å². The van der Waals surface area contributed by atoms with Gasteiger partial charge in [0.2, 0.25) is 5.91 Å². The molecule has 0 aliphatic carbocycles. The minimum Gasteiger partial charge on any atom is -0.497 e. The first-order valence-corrected chi connectivity index (χ1v) is 9.86. The first-order chi connectivity index (χ1) is 13.4. The van der Waals surface area contributed by atoms with E-state index in [1.807, 2.05) is 26.0 Å². The van der Waals surface area contributed by atoms with Gasteiger partial charge in [0, 0.05) is 32.7 Å². The number of hydrogen-bond acceptors (Lipinski definition) is 6. The van der Waals surface area contributed by atoms with Crippen LogP contribution < -0.4 is 10.1 Å². The second kappa shape index (κ2) is 11.0. The van der Waals surface area contributed by atoms with Gasteiger partial charge in [-0.3, -0.25) is 14.6 Å². The van der Waals surface area contributed by atoms with Crippen LogP contribution in [0.4, 0.5) is 0 Å². The van der Waals surface area contributed by atoms with Gasteiger partial charge in [-0.25, -0.2) is 4.79 Å². The average molecular weight is 392 g/mol. The van der Waals surface area contributed by atoms with Gasteiger partial charge >= 0.3 is 5.97 Å². The Labute approximate surface area is 168 Å². The maximum absolute atomic E-state index is 12.4. The number of ether oxygens (including phenoxy) is 2. The molecule has 1 aliphatic heterocycles. The third-order valence-electron chi connectivity index (χ3n) is 4.93. The van der Waals surface area contributed by atoms with Crippen molar-refractivity contribution in [3.05, 3.63) is 29.8 Å². The highest BCUT2D eigenvalue weighted by molar-refractivity contribution is 5.85. The number of nitrogens with one attached hydrogen (secondary N) is 1. The van der Waals surface area contributed by atoms with E-state index in [0.717, 1.165) is 38.5 Å². The fraction of sp³-hybridized carbons (Fsp3) is 0.619. The van der Waals surface area contributed by atoms with E-state index in [-0.39, 0.29) is 11.9 Å². The summed E-state index contributed by atoms with van der Waals surface area (Å²) >= 11 is 0. The minimum atomic E-state index is -0.575. The summed E-state index contributed by atoms with van der Waals surface area (Å²) in [6.45, 7) is 8.71. The van der Waals surface area contributed by atoms with E-state index in [0.29, 0.717) is 18.9 Å². The molecule has 1 aliphatic rings. The van der Waals surface area contributed by atoms with Gasteiger partial charge in [-0.05, 0) is 30.0 Å². The van der Waals surface area contributed by atoms with Crippen molar-refractivity contribution in [3.8, 4) is 5.75 Å². The molecular formula is C21H33N3O4. The smallest absolute Gasteiger partial charge is 0.328 e. The molecule has 1 fully saturated rings.